The van der Waals surface area contributed by atoms with E-state index in [0.717, 1.165) is 25.1 Å². The summed E-state index contributed by atoms with van der Waals surface area (Å²) in [5, 5.41) is 15.1. The summed E-state index contributed by atoms with van der Waals surface area (Å²) >= 11 is 0. The van der Waals surface area contributed by atoms with Crippen LogP contribution >= 0.6 is 0 Å². The van der Waals surface area contributed by atoms with Crippen LogP contribution in [0, 0.1) is 6.92 Å². The van der Waals surface area contributed by atoms with Crippen LogP contribution in [0.4, 0.5) is 0 Å². The average Bonchev–Trinajstić information content (AvgIpc) is 3.41. The molecule has 0 aromatic carbocycles. The maximum atomic E-state index is 13.0. The lowest BCUT2D eigenvalue weighted by Crippen LogP contribution is -2.38. The Labute approximate surface area is 163 Å². The fourth-order valence-corrected chi connectivity index (χ4v) is 3.40. The van der Waals surface area contributed by atoms with Gasteiger partial charge in [-0.25, -0.2) is 4.68 Å². The van der Waals surface area contributed by atoms with Crippen LogP contribution in [0.25, 0.3) is 0 Å². The van der Waals surface area contributed by atoms with Crippen LogP contribution in [-0.2, 0) is 17.8 Å². The molecule has 0 radical (unpaired) electrons. The number of rotatable bonds is 8. The average molecular weight is 389 g/mol. The van der Waals surface area contributed by atoms with Gasteiger partial charge in [-0.05, 0) is 26.7 Å². The third-order valence-electron chi connectivity index (χ3n) is 4.90. The molecular formula is C18H27N7O3. The smallest absolute Gasteiger partial charge is 0.273 e. The predicted molar refractivity (Wildman–Crippen MR) is 101 cm³/mol. The SMILES string of the molecule is CCn1cc(C(=O)N2CCC[C@H]2Cn2cc(C(=O)NCCOC)nn2)c(C)n1. The molecule has 0 spiro atoms. The van der Waals surface area contributed by atoms with Crippen LogP contribution < -0.4 is 5.32 Å². The van der Waals surface area contributed by atoms with E-state index in [0.29, 0.717) is 31.8 Å². The van der Waals surface area contributed by atoms with Crippen LogP contribution in [0.3, 0.4) is 0 Å². The Morgan fingerprint density at radius 1 is 1.32 bits per heavy atom. The van der Waals surface area contributed by atoms with Crippen LogP contribution in [0.15, 0.2) is 12.4 Å². The predicted octanol–water partition coefficient (Wildman–Crippen LogP) is 0.484. The van der Waals surface area contributed by atoms with Gasteiger partial charge >= 0.3 is 0 Å². The summed E-state index contributed by atoms with van der Waals surface area (Å²) in [7, 11) is 1.58. The summed E-state index contributed by atoms with van der Waals surface area (Å²) in [5.41, 5.74) is 1.64. The number of aromatic nitrogens is 5. The Bertz CT molecular complexity index is 829. The fourth-order valence-electron chi connectivity index (χ4n) is 3.40. The molecule has 1 N–H and O–H groups in total. The highest BCUT2D eigenvalue weighted by molar-refractivity contribution is 5.95. The standard InChI is InChI=1S/C18H27N7O3/c1-4-23-11-15(13(2)21-23)18(27)25-8-5-6-14(25)10-24-12-16(20-22-24)17(26)19-7-9-28-3/h11-12,14H,4-10H2,1-3H3,(H,19,26)/t14-/m0/s1. The van der Waals surface area contributed by atoms with Crippen LogP contribution in [-0.4, -0.2) is 74.3 Å². The van der Waals surface area contributed by atoms with E-state index in [2.05, 4.69) is 20.7 Å². The number of amides is 2. The number of nitrogens with zero attached hydrogens (tertiary/aromatic N) is 6. The van der Waals surface area contributed by atoms with Crippen molar-refractivity contribution in [2.45, 2.75) is 45.8 Å². The second kappa shape index (κ2) is 8.96. The van der Waals surface area contributed by atoms with E-state index in [1.54, 1.807) is 22.7 Å². The van der Waals surface area contributed by atoms with Gasteiger partial charge in [-0.2, -0.15) is 5.10 Å². The minimum absolute atomic E-state index is 0.00246. The maximum Gasteiger partial charge on any atom is 0.273 e. The molecule has 2 aromatic rings. The lowest BCUT2D eigenvalue weighted by Gasteiger charge is -2.24. The maximum absolute atomic E-state index is 13.0. The number of ether oxygens (including phenoxy) is 1. The lowest BCUT2D eigenvalue weighted by atomic mass is 10.2. The van der Waals surface area contributed by atoms with Crippen molar-refractivity contribution in [1.29, 1.82) is 0 Å². The number of likely N-dealkylation sites (tertiary alicyclic amines) is 1. The van der Waals surface area contributed by atoms with Crippen LogP contribution in [0.5, 0.6) is 0 Å². The van der Waals surface area contributed by atoms with Gasteiger partial charge in [0.15, 0.2) is 5.69 Å². The number of aryl methyl sites for hydroxylation is 2. The number of methoxy groups -OCH3 is 1. The van der Waals surface area contributed by atoms with Crippen molar-refractivity contribution in [1.82, 2.24) is 35.0 Å². The minimum atomic E-state index is -0.287. The van der Waals surface area contributed by atoms with Crippen molar-refractivity contribution in [2.75, 3.05) is 26.8 Å². The number of nitrogens with one attached hydrogen (secondary N) is 1. The molecule has 0 aliphatic carbocycles. The normalized spacial score (nSPS) is 16.5. The van der Waals surface area contributed by atoms with Gasteiger partial charge < -0.3 is 15.0 Å². The molecule has 2 aromatic heterocycles. The summed E-state index contributed by atoms with van der Waals surface area (Å²) in [6, 6.07) is 0.0166. The first kappa shape index (κ1) is 20.0. The van der Waals surface area contributed by atoms with Crippen molar-refractivity contribution in [3.8, 4) is 0 Å². The summed E-state index contributed by atoms with van der Waals surface area (Å²) in [6.07, 6.45) is 5.26. The second-order valence-corrected chi connectivity index (χ2v) is 6.85. The molecule has 1 fully saturated rings. The quantitative estimate of drug-likeness (QED) is 0.658. The summed E-state index contributed by atoms with van der Waals surface area (Å²) in [4.78, 5) is 26.9. The minimum Gasteiger partial charge on any atom is -0.383 e. The first-order valence-corrected chi connectivity index (χ1v) is 9.55. The molecule has 1 aliphatic rings. The summed E-state index contributed by atoms with van der Waals surface area (Å²) in [6.45, 7) is 6.64. The van der Waals surface area contributed by atoms with Gasteiger partial charge in [-0.1, -0.05) is 5.21 Å². The Hall–Kier alpha value is -2.75. The van der Waals surface area contributed by atoms with Gasteiger partial charge in [0, 0.05) is 32.9 Å². The Kier molecular flexibility index (Phi) is 6.40. The largest absolute Gasteiger partial charge is 0.383 e. The summed E-state index contributed by atoms with van der Waals surface area (Å²) < 4.78 is 8.32. The van der Waals surface area contributed by atoms with Gasteiger partial charge in [-0.15, -0.1) is 5.10 Å². The summed E-state index contributed by atoms with van der Waals surface area (Å²) in [5.74, 6) is -0.289. The molecule has 28 heavy (non-hydrogen) atoms. The number of hydrogen-bond acceptors (Lipinski definition) is 6. The molecular weight excluding hydrogens is 362 g/mol. The molecule has 3 rings (SSSR count). The number of carbonyl (C=O) groups excluding carboxylic acids is 2. The van der Waals surface area contributed by atoms with Gasteiger partial charge in [0.1, 0.15) is 0 Å². The first-order valence-electron chi connectivity index (χ1n) is 9.55. The van der Waals surface area contributed by atoms with Gasteiger partial charge in [0.2, 0.25) is 0 Å². The molecule has 1 saturated heterocycles. The zero-order valence-corrected chi connectivity index (χ0v) is 16.6. The van der Waals surface area contributed by atoms with E-state index < -0.39 is 0 Å². The highest BCUT2D eigenvalue weighted by atomic mass is 16.5. The van der Waals surface area contributed by atoms with Crippen molar-refractivity contribution in [2.24, 2.45) is 0 Å². The lowest BCUT2D eigenvalue weighted by molar-refractivity contribution is 0.0720. The molecule has 1 aliphatic heterocycles. The molecule has 0 saturated carbocycles. The second-order valence-electron chi connectivity index (χ2n) is 6.85. The topological polar surface area (TPSA) is 107 Å². The zero-order valence-electron chi connectivity index (χ0n) is 16.6. The molecule has 0 unspecified atom stereocenters. The molecule has 0 bridgehead atoms. The van der Waals surface area contributed by atoms with Crippen molar-refractivity contribution in [3.05, 3.63) is 29.3 Å². The molecule has 152 valence electrons. The zero-order chi connectivity index (χ0) is 20.1. The van der Waals surface area contributed by atoms with Crippen molar-refractivity contribution >= 4 is 11.8 Å². The molecule has 10 nitrogen and oxygen atoms in total. The highest BCUT2D eigenvalue weighted by Crippen LogP contribution is 2.22. The highest BCUT2D eigenvalue weighted by Gasteiger charge is 2.31. The monoisotopic (exact) mass is 389 g/mol. The van der Waals surface area contributed by atoms with Gasteiger partial charge in [0.05, 0.1) is 36.6 Å². The van der Waals surface area contributed by atoms with Gasteiger partial charge in [-0.3, -0.25) is 14.3 Å². The van der Waals surface area contributed by atoms with E-state index in [-0.39, 0.29) is 23.6 Å². The van der Waals surface area contributed by atoms with Gasteiger partial charge in [0.25, 0.3) is 11.8 Å². The fraction of sp³-hybridized carbons (Fsp3) is 0.611. The number of hydrogen-bond donors (Lipinski definition) is 1. The van der Waals surface area contributed by atoms with E-state index >= 15 is 0 Å². The van der Waals surface area contributed by atoms with E-state index in [9.17, 15) is 9.59 Å². The Morgan fingerprint density at radius 2 is 2.14 bits per heavy atom. The first-order chi connectivity index (χ1) is 13.5. The van der Waals surface area contributed by atoms with Crippen LogP contribution in [0.2, 0.25) is 0 Å². The number of carbonyl (C=O) groups is 2. The third kappa shape index (κ3) is 4.38. The van der Waals surface area contributed by atoms with E-state index in [1.807, 2.05) is 24.9 Å². The Morgan fingerprint density at radius 3 is 2.86 bits per heavy atom. The molecule has 2 amide bonds. The van der Waals surface area contributed by atoms with E-state index in [4.69, 9.17) is 4.74 Å². The third-order valence-corrected chi connectivity index (χ3v) is 4.90. The van der Waals surface area contributed by atoms with Crippen molar-refractivity contribution in [3.63, 3.8) is 0 Å². The van der Waals surface area contributed by atoms with E-state index in [1.165, 1.54) is 0 Å². The van der Waals surface area contributed by atoms with Crippen molar-refractivity contribution < 1.29 is 14.3 Å². The van der Waals surface area contributed by atoms with Crippen LogP contribution in [0.1, 0.15) is 46.3 Å². The molecule has 3 heterocycles. The molecule has 1 atom stereocenters. The molecule has 10 heteroatoms. The Balaban J connectivity index is 1.64.